The summed E-state index contributed by atoms with van der Waals surface area (Å²) in [5.41, 5.74) is -0.0935. The molecule has 2 aliphatic heterocycles. The van der Waals surface area contributed by atoms with E-state index in [1.54, 1.807) is 11.0 Å². The van der Waals surface area contributed by atoms with Gasteiger partial charge in [-0.2, -0.15) is 0 Å². The van der Waals surface area contributed by atoms with Gasteiger partial charge in [-0.3, -0.25) is 4.79 Å². The van der Waals surface area contributed by atoms with Crippen LogP contribution in [0.25, 0.3) is 0 Å². The lowest BCUT2D eigenvalue weighted by Gasteiger charge is -2.32. The number of carbonyl (C=O) groups excluding carboxylic acids is 1. The number of carbonyl (C=O) groups is 1. The van der Waals surface area contributed by atoms with Crippen LogP contribution in [-0.2, 0) is 9.31 Å². The van der Waals surface area contributed by atoms with Gasteiger partial charge in [0.05, 0.1) is 11.2 Å². The van der Waals surface area contributed by atoms with Gasteiger partial charge in [0, 0.05) is 18.7 Å². The Morgan fingerprint density at radius 2 is 1.73 bits per heavy atom. The fraction of sp³-hybridized carbons (Fsp3) is 0.562. The minimum atomic E-state index is -0.663. The van der Waals surface area contributed by atoms with Crippen molar-refractivity contribution in [2.75, 3.05) is 13.1 Å². The number of halogens is 1. The van der Waals surface area contributed by atoms with Gasteiger partial charge in [-0.1, -0.05) is 0 Å². The van der Waals surface area contributed by atoms with Crippen LogP contribution < -0.4 is 5.46 Å². The maximum absolute atomic E-state index is 13.9. The molecule has 0 saturated carbocycles. The van der Waals surface area contributed by atoms with Crippen LogP contribution in [0.2, 0.25) is 0 Å². The van der Waals surface area contributed by atoms with E-state index in [0.717, 1.165) is 19.5 Å². The Morgan fingerprint density at radius 1 is 1.14 bits per heavy atom. The molecule has 6 heteroatoms. The lowest BCUT2D eigenvalue weighted by Crippen LogP contribution is -2.43. The third-order valence-electron chi connectivity index (χ3n) is 4.84. The molecule has 0 atom stereocenters. The van der Waals surface area contributed by atoms with Crippen LogP contribution in [0.5, 0.6) is 0 Å². The lowest BCUT2D eigenvalue weighted by molar-refractivity contribution is 0.00578. The molecular weight excluding hydrogens is 284 g/mol. The summed E-state index contributed by atoms with van der Waals surface area (Å²) >= 11 is 0. The molecule has 0 unspecified atom stereocenters. The lowest BCUT2D eigenvalue weighted by atomic mass is 9.78. The molecule has 0 spiro atoms. The molecule has 1 aromatic carbocycles. The van der Waals surface area contributed by atoms with Gasteiger partial charge in [0.2, 0.25) is 0 Å². The molecule has 2 fully saturated rings. The van der Waals surface area contributed by atoms with E-state index in [1.165, 1.54) is 12.1 Å². The van der Waals surface area contributed by atoms with E-state index in [-0.39, 0.29) is 5.91 Å². The van der Waals surface area contributed by atoms with Crippen LogP contribution in [0.3, 0.4) is 0 Å². The Balaban J connectivity index is 1.89. The third kappa shape index (κ3) is 2.54. The number of benzene rings is 1. The summed E-state index contributed by atoms with van der Waals surface area (Å²) in [5.74, 6) is -0.584. The van der Waals surface area contributed by atoms with Gasteiger partial charge in [-0.05, 0) is 57.8 Å². The summed E-state index contributed by atoms with van der Waals surface area (Å²) in [6, 6.07) is 4.32. The zero-order valence-electron chi connectivity index (χ0n) is 13.5. The molecule has 2 heterocycles. The van der Waals surface area contributed by atoms with Crippen LogP contribution >= 0.6 is 0 Å². The minimum Gasteiger partial charge on any atom is -0.399 e. The first kappa shape index (κ1) is 15.5. The Bertz CT molecular complexity index is 597. The van der Waals surface area contributed by atoms with E-state index in [2.05, 4.69) is 0 Å². The molecule has 1 aromatic rings. The average molecular weight is 305 g/mol. The van der Waals surface area contributed by atoms with Gasteiger partial charge in [0.15, 0.2) is 0 Å². The highest BCUT2D eigenvalue weighted by atomic mass is 19.1. The molecule has 0 aliphatic carbocycles. The Morgan fingerprint density at radius 3 is 2.23 bits per heavy atom. The van der Waals surface area contributed by atoms with Gasteiger partial charge >= 0.3 is 7.12 Å². The van der Waals surface area contributed by atoms with Crippen LogP contribution in [0.4, 0.5) is 4.39 Å². The summed E-state index contributed by atoms with van der Waals surface area (Å²) in [6.07, 6.45) is 1.01. The SMILES string of the molecule is CC1(C)OB(c2cc(F)cc(C(=O)N3CCC3)c2)OC1(C)C. The molecular formula is C16H21BFNO3. The van der Waals surface area contributed by atoms with Crippen molar-refractivity contribution in [3.63, 3.8) is 0 Å². The summed E-state index contributed by atoms with van der Waals surface area (Å²) in [4.78, 5) is 14.0. The van der Waals surface area contributed by atoms with E-state index in [0.29, 0.717) is 11.0 Å². The molecule has 2 aliphatic rings. The van der Waals surface area contributed by atoms with Crippen molar-refractivity contribution in [1.29, 1.82) is 0 Å². The standard InChI is InChI=1S/C16H21BFNO3/c1-15(2)16(3,4)22-17(21-15)12-8-11(9-13(18)10-12)14(20)19-6-5-7-19/h8-10H,5-7H2,1-4H3. The highest BCUT2D eigenvalue weighted by molar-refractivity contribution is 6.62. The fourth-order valence-corrected chi connectivity index (χ4v) is 2.55. The van der Waals surface area contributed by atoms with E-state index < -0.39 is 24.1 Å². The summed E-state index contributed by atoms with van der Waals surface area (Å²) in [7, 11) is -0.663. The number of rotatable bonds is 2. The van der Waals surface area contributed by atoms with Crippen molar-refractivity contribution >= 4 is 18.5 Å². The van der Waals surface area contributed by atoms with Crippen LogP contribution in [0, 0.1) is 5.82 Å². The molecule has 22 heavy (non-hydrogen) atoms. The van der Waals surface area contributed by atoms with E-state index in [9.17, 15) is 9.18 Å². The van der Waals surface area contributed by atoms with Gasteiger partial charge in [-0.25, -0.2) is 4.39 Å². The average Bonchev–Trinajstić information content (AvgIpc) is 2.55. The topological polar surface area (TPSA) is 38.8 Å². The number of hydrogen-bond donors (Lipinski definition) is 0. The molecule has 2 saturated heterocycles. The van der Waals surface area contributed by atoms with Crippen LogP contribution in [0.15, 0.2) is 18.2 Å². The predicted octanol–water partition coefficient (Wildman–Crippen LogP) is 1.97. The highest BCUT2D eigenvalue weighted by Crippen LogP contribution is 2.36. The second-order valence-corrected chi connectivity index (χ2v) is 7.01. The maximum atomic E-state index is 13.9. The van der Waals surface area contributed by atoms with Gasteiger partial charge < -0.3 is 14.2 Å². The maximum Gasteiger partial charge on any atom is 0.494 e. The number of likely N-dealkylation sites (tertiary alicyclic amines) is 1. The normalized spacial score (nSPS) is 22.6. The first-order valence-electron chi connectivity index (χ1n) is 7.65. The van der Waals surface area contributed by atoms with E-state index in [4.69, 9.17) is 9.31 Å². The molecule has 4 nitrogen and oxygen atoms in total. The van der Waals surface area contributed by atoms with E-state index in [1.807, 2.05) is 27.7 Å². The molecule has 0 radical (unpaired) electrons. The van der Waals surface area contributed by atoms with Crippen LogP contribution in [-0.4, -0.2) is 42.2 Å². The van der Waals surface area contributed by atoms with Crippen molar-refractivity contribution in [3.8, 4) is 0 Å². The second-order valence-electron chi connectivity index (χ2n) is 7.01. The zero-order chi connectivity index (χ0) is 16.1. The first-order valence-corrected chi connectivity index (χ1v) is 7.65. The second kappa shape index (κ2) is 5.06. The summed E-state index contributed by atoms with van der Waals surface area (Å²) < 4.78 is 25.8. The highest BCUT2D eigenvalue weighted by Gasteiger charge is 2.51. The molecule has 1 amide bonds. The molecule has 0 N–H and O–H groups in total. The smallest absolute Gasteiger partial charge is 0.399 e. The van der Waals surface area contributed by atoms with Crippen molar-refractivity contribution in [3.05, 3.63) is 29.6 Å². The Kier molecular flexibility index (Phi) is 3.57. The van der Waals surface area contributed by atoms with Gasteiger partial charge in [0.1, 0.15) is 5.82 Å². The zero-order valence-corrected chi connectivity index (χ0v) is 13.5. The van der Waals surface area contributed by atoms with Crippen LogP contribution in [0.1, 0.15) is 44.5 Å². The minimum absolute atomic E-state index is 0.136. The van der Waals surface area contributed by atoms with Gasteiger partial charge in [-0.15, -0.1) is 0 Å². The van der Waals surface area contributed by atoms with Crippen molar-refractivity contribution in [2.45, 2.75) is 45.3 Å². The molecule has 118 valence electrons. The quantitative estimate of drug-likeness (QED) is 0.784. The molecule has 0 bridgehead atoms. The number of hydrogen-bond acceptors (Lipinski definition) is 3. The third-order valence-corrected chi connectivity index (χ3v) is 4.84. The van der Waals surface area contributed by atoms with Gasteiger partial charge in [0.25, 0.3) is 5.91 Å². The summed E-state index contributed by atoms with van der Waals surface area (Å²) in [5, 5.41) is 0. The Labute approximate surface area is 130 Å². The fourth-order valence-electron chi connectivity index (χ4n) is 2.55. The number of amides is 1. The van der Waals surface area contributed by atoms with Crippen molar-refractivity contribution in [2.24, 2.45) is 0 Å². The summed E-state index contributed by atoms with van der Waals surface area (Å²) in [6.45, 7) is 9.25. The number of nitrogens with zero attached hydrogens (tertiary/aromatic N) is 1. The largest absolute Gasteiger partial charge is 0.494 e. The predicted molar refractivity (Wildman–Crippen MR) is 82.6 cm³/mol. The van der Waals surface area contributed by atoms with Crippen molar-refractivity contribution in [1.82, 2.24) is 4.90 Å². The van der Waals surface area contributed by atoms with Crippen molar-refractivity contribution < 1.29 is 18.5 Å². The monoisotopic (exact) mass is 305 g/mol. The first-order chi connectivity index (χ1) is 10.2. The van der Waals surface area contributed by atoms with E-state index >= 15 is 0 Å². The molecule has 3 rings (SSSR count). The molecule has 0 aromatic heterocycles. The Hall–Kier alpha value is -1.40.